The van der Waals surface area contributed by atoms with E-state index >= 15 is 0 Å². The van der Waals surface area contributed by atoms with Crippen LogP contribution in [0.2, 0.25) is 0 Å². The summed E-state index contributed by atoms with van der Waals surface area (Å²) in [6.45, 7) is 1.40. The Bertz CT molecular complexity index is 702. The van der Waals surface area contributed by atoms with Crippen LogP contribution in [0.15, 0.2) is 18.2 Å². The lowest BCUT2D eigenvalue weighted by molar-refractivity contribution is 0.381. The van der Waals surface area contributed by atoms with Crippen LogP contribution < -0.4 is 15.7 Å². The first-order valence-corrected chi connectivity index (χ1v) is 6.00. The maximum atomic E-state index is 13.8. The van der Waals surface area contributed by atoms with E-state index in [9.17, 15) is 22.0 Å². The van der Waals surface area contributed by atoms with E-state index in [1.54, 1.807) is 0 Å². The first-order chi connectivity index (χ1) is 9.85. The number of rotatable bonds is 3. The van der Waals surface area contributed by atoms with Crippen molar-refractivity contribution >= 4 is 18.2 Å². The van der Waals surface area contributed by atoms with Crippen LogP contribution in [0.25, 0.3) is 0 Å². The van der Waals surface area contributed by atoms with Gasteiger partial charge in [0.25, 0.3) is 0 Å². The molecule has 2 aromatic carbocycles. The van der Waals surface area contributed by atoms with Crippen LogP contribution in [-0.2, 0) is 0 Å². The SMILES string of the molecule is COc1c(F)cc(F)c(F)c1Bc1cc(C)c(F)cc1F. The fourth-order valence-electron chi connectivity index (χ4n) is 2.05. The van der Waals surface area contributed by atoms with Crippen molar-refractivity contribution in [3.05, 3.63) is 52.8 Å². The predicted octanol–water partition coefficient (Wildman–Crippen LogP) is 2.09. The third-order valence-electron chi connectivity index (χ3n) is 3.12. The largest absolute Gasteiger partial charge is 0.494 e. The normalized spacial score (nSPS) is 10.6. The second kappa shape index (κ2) is 5.75. The van der Waals surface area contributed by atoms with Gasteiger partial charge in [0.15, 0.2) is 23.2 Å². The van der Waals surface area contributed by atoms with E-state index < -0.39 is 47.6 Å². The summed E-state index contributed by atoms with van der Waals surface area (Å²) in [5.74, 6) is -6.00. The summed E-state index contributed by atoms with van der Waals surface area (Å²) in [6.07, 6.45) is 0. The van der Waals surface area contributed by atoms with Crippen molar-refractivity contribution < 1.29 is 26.7 Å². The quantitative estimate of drug-likeness (QED) is 0.479. The molecule has 0 aromatic heterocycles. The zero-order chi connectivity index (χ0) is 15.7. The Morgan fingerprint density at radius 1 is 0.857 bits per heavy atom. The van der Waals surface area contributed by atoms with Crippen molar-refractivity contribution in [1.82, 2.24) is 0 Å². The van der Waals surface area contributed by atoms with Crippen LogP contribution in [0.1, 0.15) is 5.56 Å². The van der Waals surface area contributed by atoms with Gasteiger partial charge in [0.05, 0.1) is 7.11 Å². The Labute approximate surface area is 118 Å². The Hall–Kier alpha value is -2.05. The molecule has 0 heterocycles. The number of aryl methyl sites for hydroxylation is 1. The molecule has 7 heteroatoms. The second-order valence-electron chi connectivity index (χ2n) is 4.54. The summed E-state index contributed by atoms with van der Waals surface area (Å²) < 4.78 is 72.2. The summed E-state index contributed by atoms with van der Waals surface area (Å²) in [7, 11) is 0.627. The van der Waals surface area contributed by atoms with Gasteiger partial charge in [0.2, 0.25) is 7.28 Å². The maximum absolute atomic E-state index is 13.8. The lowest BCUT2D eigenvalue weighted by atomic mass is 9.62. The first-order valence-electron chi connectivity index (χ1n) is 6.00. The molecular weight excluding hydrogens is 290 g/mol. The molecule has 0 aliphatic carbocycles. The van der Waals surface area contributed by atoms with E-state index in [-0.39, 0.29) is 11.0 Å². The van der Waals surface area contributed by atoms with Crippen molar-refractivity contribution in [2.45, 2.75) is 6.92 Å². The number of methoxy groups -OCH3 is 1. The molecule has 0 N–H and O–H groups in total. The summed E-state index contributed by atoms with van der Waals surface area (Å²) in [4.78, 5) is 0. The highest BCUT2D eigenvalue weighted by Crippen LogP contribution is 2.18. The van der Waals surface area contributed by atoms with Crippen molar-refractivity contribution in [3.8, 4) is 5.75 Å². The number of halogens is 5. The highest BCUT2D eigenvalue weighted by molar-refractivity contribution is 6.68. The standard InChI is InChI=1S/C14H10BF5O/c1-6-3-7(9(17)4-8(6)16)15-12-13(20)10(18)5-11(19)14(12)21-2/h3-5,15H,1-2H3. The highest BCUT2D eigenvalue weighted by Gasteiger charge is 2.22. The van der Waals surface area contributed by atoms with Gasteiger partial charge in [-0.25, -0.2) is 22.0 Å². The minimum Gasteiger partial charge on any atom is -0.494 e. The second-order valence-corrected chi connectivity index (χ2v) is 4.54. The third-order valence-corrected chi connectivity index (χ3v) is 3.12. The Morgan fingerprint density at radius 2 is 1.48 bits per heavy atom. The maximum Gasteiger partial charge on any atom is 0.205 e. The molecule has 2 rings (SSSR count). The zero-order valence-electron chi connectivity index (χ0n) is 11.2. The lowest BCUT2D eigenvalue weighted by Crippen LogP contribution is -2.34. The van der Waals surface area contributed by atoms with Crippen molar-refractivity contribution in [1.29, 1.82) is 0 Å². The number of hydrogen-bond acceptors (Lipinski definition) is 1. The molecule has 0 unspecified atom stereocenters. The molecule has 0 amide bonds. The number of hydrogen-bond donors (Lipinski definition) is 0. The van der Waals surface area contributed by atoms with Gasteiger partial charge in [-0.05, 0) is 17.9 Å². The fraction of sp³-hybridized carbons (Fsp3) is 0.143. The van der Waals surface area contributed by atoms with E-state index in [2.05, 4.69) is 0 Å². The van der Waals surface area contributed by atoms with Crippen LogP contribution in [0.5, 0.6) is 5.75 Å². The van der Waals surface area contributed by atoms with E-state index in [4.69, 9.17) is 4.74 Å². The van der Waals surface area contributed by atoms with Gasteiger partial charge >= 0.3 is 0 Å². The van der Waals surface area contributed by atoms with Gasteiger partial charge < -0.3 is 4.74 Å². The average molecular weight is 300 g/mol. The molecule has 0 aliphatic heterocycles. The number of ether oxygens (including phenoxy) is 1. The molecule has 2 aromatic rings. The summed E-state index contributed by atoms with van der Waals surface area (Å²) >= 11 is 0. The fourth-order valence-corrected chi connectivity index (χ4v) is 2.05. The molecule has 0 aliphatic rings. The molecule has 21 heavy (non-hydrogen) atoms. The van der Waals surface area contributed by atoms with Gasteiger partial charge in [-0.1, -0.05) is 6.07 Å². The monoisotopic (exact) mass is 300 g/mol. The van der Waals surface area contributed by atoms with Crippen molar-refractivity contribution in [3.63, 3.8) is 0 Å². The highest BCUT2D eigenvalue weighted by atomic mass is 19.2. The molecule has 0 atom stereocenters. The van der Waals surface area contributed by atoms with Crippen LogP contribution in [-0.4, -0.2) is 14.4 Å². The molecule has 0 saturated heterocycles. The lowest BCUT2D eigenvalue weighted by Gasteiger charge is -2.12. The minimum atomic E-state index is -1.40. The predicted molar refractivity (Wildman–Crippen MR) is 70.4 cm³/mol. The third kappa shape index (κ3) is 2.86. The Morgan fingerprint density at radius 3 is 2.10 bits per heavy atom. The average Bonchev–Trinajstić information content (AvgIpc) is 2.41. The van der Waals surface area contributed by atoms with Crippen molar-refractivity contribution in [2.75, 3.05) is 7.11 Å². The number of benzene rings is 2. The van der Waals surface area contributed by atoms with E-state index in [0.717, 1.165) is 13.2 Å². The Kier molecular flexibility index (Phi) is 4.20. The molecule has 0 spiro atoms. The van der Waals surface area contributed by atoms with E-state index in [1.165, 1.54) is 6.92 Å². The molecule has 0 radical (unpaired) electrons. The minimum absolute atomic E-state index is 0.0869. The van der Waals surface area contributed by atoms with Gasteiger partial charge in [-0.3, -0.25) is 0 Å². The zero-order valence-corrected chi connectivity index (χ0v) is 11.2. The van der Waals surface area contributed by atoms with Gasteiger partial charge in [-0.15, -0.1) is 0 Å². The van der Waals surface area contributed by atoms with Gasteiger partial charge in [0.1, 0.15) is 11.6 Å². The Balaban J connectivity index is 2.56. The molecule has 110 valence electrons. The molecule has 0 fully saturated rings. The first kappa shape index (κ1) is 15.3. The summed E-state index contributed by atoms with van der Waals surface area (Å²) in [5, 5.41) is 0. The van der Waals surface area contributed by atoms with Crippen LogP contribution in [0, 0.1) is 36.0 Å². The van der Waals surface area contributed by atoms with Crippen LogP contribution in [0.4, 0.5) is 22.0 Å². The summed E-state index contributed by atoms with van der Waals surface area (Å²) in [6, 6.07) is 2.15. The topological polar surface area (TPSA) is 9.23 Å². The van der Waals surface area contributed by atoms with Crippen LogP contribution in [0.3, 0.4) is 0 Å². The molecule has 1 nitrogen and oxygen atoms in total. The van der Waals surface area contributed by atoms with E-state index in [0.29, 0.717) is 12.1 Å². The van der Waals surface area contributed by atoms with E-state index in [1.807, 2.05) is 0 Å². The smallest absolute Gasteiger partial charge is 0.205 e. The molecule has 0 saturated carbocycles. The molecule has 0 bridgehead atoms. The van der Waals surface area contributed by atoms with Crippen LogP contribution >= 0.6 is 0 Å². The van der Waals surface area contributed by atoms with Crippen molar-refractivity contribution in [2.24, 2.45) is 0 Å². The van der Waals surface area contributed by atoms with Gasteiger partial charge in [0, 0.05) is 17.6 Å². The summed E-state index contributed by atoms with van der Waals surface area (Å²) in [5.41, 5.74) is -0.404. The molecular formula is C14H10BF5O. The van der Waals surface area contributed by atoms with Gasteiger partial charge in [-0.2, -0.15) is 0 Å².